The van der Waals surface area contributed by atoms with Gasteiger partial charge in [-0.3, -0.25) is 0 Å². The maximum absolute atomic E-state index is 9.69. The van der Waals surface area contributed by atoms with Crippen LogP contribution in [-0.2, 0) is 5.41 Å². The summed E-state index contributed by atoms with van der Waals surface area (Å²) in [4.78, 5) is 0. The highest BCUT2D eigenvalue weighted by molar-refractivity contribution is 6.32. The molecule has 2 atom stereocenters. The van der Waals surface area contributed by atoms with E-state index in [0.29, 0.717) is 5.92 Å². The lowest BCUT2D eigenvalue weighted by Gasteiger charge is -2.22. The van der Waals surface area contributed by atoms with Crippen LogP contribution in [0.4, 0.5) is 0 Å². The van der Waals surface area contributed by atoms with Crippen LogP contribution >= 0.6 is 11.6 Å². The van der Waals surface area contributed by atoms with E-state index in [9.17, 15) is 5.11 Å². The zero-order valence-corrected chi connectivity index (χ0v) is 11.6. The Hall–Kier alpha value is -0.730. The van der Waals surface area contributed by atoms with Crippen LogP contribution in [0.25, 0.3) is 0 Å². The van der Waals surface area contributed by atoms with E-state index in [1.807, 2.05) is 19.9 Å². The van der Waals surface area contributed by atoms with Crippen LogP contribution in [0.2, 0.25) is 5.02 Å². The van der Waals surface area contributed by atoms with Crippen LogP contribution in [0.15, 0.2) is 6.07 Å². The molecule has 1 aliphatic rings. The molecule has 0 saturated heterocycles. The molecule has 1 N–H and O–H groups in total. The Morgan fingerprint density at radius 3 is 2.53 bits per heavy atom. The number of hydrogen-bond donors (Lipinski definition) is 1. The Morgan fingerprint density at radius 1 is 1.53 bits per heavy atom. The van der Waals surface area contributed by atoms with Crippen LogP contribution in [0.5, 0.6) is 5.75 Å². The van der Waals surface area contributed by atoms with Crippen LogP contribution in [0.3, 0.4) is 0 Å². The number of ether oxygens (including phenoxy) is 1. The van der Waals surface area contributed by atoms with Crippen molar-refractivity contribution in [1.29, 1.82) is 0 Å². The fraction of sp³-hybridized carbons (Fsp3) is 0.571. The van der Waals surface area contributed by atoms with Crippen molar-refractivity contribution in [3.63, 3.8) is 0 Å². The number of methoxy groups -OCH3 is 1. The van der Waals surface area contributed by atoms with Crippen LogP contribution in [-0.4, -0.2) is 18.8 Å². The summed E-state index contributed by atoms with van der Waals surface area (Å²) < 4.78 is 5.47. The standard InChI is InChI=1S/C14H19ClO2/c1-8-5-11(17-4)12(10(3)13(8)15)14(7-16)6-9(14)2/h5,9,16H,6-7H2,1-4H3. The highest BCUT2D eigenvalue weighted by atomic mass is 35.5. The summed E-state index contributed by atoms with van der Waals surface area (Å²) in [7, 11) is 1.67. The number of rotatable bonds is 3. The highest BCUT2D eigenvalue weighted by Crippen LogP contribution is 2.57. The molecule has 94 valence electrons. The maximum Gasteiger partial charge on any atom is 0.123 e. The predicted octanol–water partition coefficient (Wildman–Crippen LogP) is 3.24. The molecule has 0 spiro atoms. The molecule has 17 heavy (non-hydrogen) atoms. The molecule has 0 heterocycles. The molecular weight excluding hydrogens is 236 g/mol. The molecule has 0 aromatic heterocycles. The van der Waals surface area contributed by atoms with Gasteiger partial charge in [0.25, 0.3) is 0 Å². The zero-order chi connectivity index (χ0) is 12.8. The maximum atomic E-state index is 9.69. The second kappa shape index (κ2) is 4.18. The van der Waals surface area contributed by atoms with Crippen LogP contribution < -0.4 is 4.74 Å². The Labute approximate surface area is 108 Å². The van der Waals surface area contributed by atoms with Gasteiger partial charge in [0.05, 0.1) is 13.7 Å². The van der Waals surface area contributed by atoms with Crippen molar-refractivity contribution in [2.24, 2.45) is 5.92 Å². The van der Waals surface area contributed by atoms with E-state index >= 15 is 0 Å². The lowest BCUT2D eigenvalue weighted by Crippen LogP contribution is -2.18. The molecule has 1 aromatic carbocycles. The quantitative estimate of drug-likeness (QED) is 0.897. The van der Waals surface area contributed by atoms with E-state index in [1.54, 1.807) is 7.11 Å². The largest absolute Gasteiger partial charge is 0.496 e. The molecule has 3 heteroatoms. The lowest BCUT2D eigenvalue weighted by atomic mass is 9.88. The van der Waals surface area contributed by atoms with Crippen molar-refractivity contribution in [3.05, 3.63) is 27.8 Å². The molecule has 1 fully saturated rings. The fourth-order valence-corrected chi connectivity index (χ4v) is 2.99. The summed E-state index contributed by atoms with van der Waals surface area (Å²) in [5.74, 6) is 1.33. The molecule has 2 rings (SSSR count). The van der Waals surface area contributed by atoms with E-state index in [-0.39, 0.29) is 12.0 Å². The van der Waals surface area contributed by atoms with Crippen molar-refractivity contribution < 1.29 is 9.84 Å². The first kappa shape index (κ1) is 12.7. The number of benzene rings is 1. The van der Waals surface area contributed by atoms with Crippen molar-refractivity contribution in [3.8, 4) is 5.75 Å². The minimum absolute atomic E-state index is 0.146. The third-order valence-electron chi connectivity index (χ3n) is 4.10. The van der Waals surface area contributed by atoms with Crippen LogP contribution in [0.1, 0.15) is 30.0 Å². The third kappa shape index (κ3) is 1.74. The number of aryl methyl sites for hydroxylation is 1. The zero-order valence-electron chi connectivity index (χ0n) is 10.8. The number of halogens is 1. The molecule has 1 aromatic rings. The predicted molar refractivity (Wildman–Crippen MR) is 70.0 cm³/mol. The first-order valence-corrected chi connectivity index (χ1v) is 6.30. The molecular formula is C14H19ClO2. The van der Waals surface area contributed by atoms with Gasteiger partial charge < -0.3 is 9.84 Å². The first-order chi connectivity index (χ1) is 7.97. The Morgan fingerprint density at radius 2 is 2.12 bits per heavy atom. The normalized spacial score (nSPS) is 27.1. The van der Waals surface area contributed by atoms with Crippen molar-refractivity contribution in [2.45, 2.75) is 32.6 Å². The van der Waals surface area contributed by atoms with Gasteiger partial charge in [-0.2, -0.15) is 0 Å². The van der Waals surface area contributed by atoms with Gasteiger partial charge in [0.15, 0.2) is 0 Å². The minimum atomic E-state index is -0.146. The molecule has 0 amide bonds. The summed E-state index contributed by atoms with van der Waals surface area (Å²) >= 11 is 6.31. The van der Waals surface area contributed by atoms with E-state index in [1.165, 1.54) is 0 Å². The molecule has 2 nitrogen and oxygen atoms in total. The minimum Gasteiger partial charge on any atom is -0.496 e. The van der Waals surface area contributed by atoms with E-state index in [4.69, 9.17) is 16.3 Å². The van der Waals surface area contributed by atoms with E-state index in [2.05, 4.69) is 6.92 Å². The first-order valence-electron chi connectivity index (χ1n) is 5.93. The van der Waals surface area contributed by atoms with Gasteiger partial charge in [-0.25, -0.2) is 0 Å². The van der Waals surface area contributed by atoms with Gasteiger partial charge >= 0.3 is 0 Å². The summed E-state index contributed by atoms with van der Waals surface area (Å²) in [5, 5.41) is 10.5. The topological polar surface area (TPSA) is 29.5 Å². The second-order valence-electron chi connectivity index (χ2n) is 5.13. The van der Waals surface area contributed by atoms with Gasteiger partial charge in [0.1, 0.15) is 5.75 Å². The average Bonchev–Trinajstić information content (AvgIpc) is 2.97. The van der Waals surface area contributed by atoms with Gasteiger partial charge in [-0.05, 0) is 43.4 Å². The average molecular weight is 255 g/mol. The molecule has 0 aliphatic heterocycles. The summed E-state index contributed by atoms with van der Waals surface area (Å²) in [6, 6.07) is 1.97. The van der Waals surface area contributed by atoms with Crippen molar-refractivity contribution in [2.75, 3.05) is 13.7 Å². The number of hydrogen-bond acceptors (Lipinski definition) is 2. The molecule has 0 bridgehead atoms. The summed E-state index contributed by atoms with van der Waals surface area (Å²) in [6.45, 7) is 6.30. The number of aliphatic hydroxyl groups excluding tert-OH is 1. The summed E-state index contributed by atoms with van der Waals surface area (Å²) in [5.41, 5.74) is 3.01. The monoisotopic (exact) mass is 254 g/mol. The Bertz CT molecular complexity index is 452. The van der Waals surface area contributed by atoms with E-state index < -0.39 is 0 Å². The van der Waals surface area contributed by atoms with Gasteiger partial charge in [-0.1, -0.05) is 18.5 Å². The van der Waals surface area contributed by atoms with Crippen molar-refractivity contribution in [1.82, 2.24) is 0 Å². The smallest absolute Gasteiger partial charge is 0.123 e. The van der Waals surface area contributed by atoms with Gasteiger partial charge in [-0.15, -0.1) is 0 Å². The Kier molecular flexibility index (Phi) is 3.13. The molecule has 0 radical (unpaired) electrons. The second-order valence-corrected chi connectivity index (χ2v) is 5.51. The highest BCUT2D eigenvalue weighted by Gasteiger charge is 2.54. The fourth-order valence-electron chi connectivity index (χ4n) is 2.84. The molecule has 1 aliphatic carbocycles. The van der Waals surface area contributed by atoms with E-state index in [0.717, 1.165) is 33.9 Å². The van der Waals surface area contributed by atoms with Crippen molar-refractivity contribution >= 4 is 11.6 Å². The Balaban J connectivity index is 2.64. The number of aliphatic hydroxyl groups is 1. The SMILES string of the molecule is COc1cc(C)c(Cl)c(C)c1C1(CO)CC1C. The van der Waals surface area contributed by atoms with Gasteiger partial charge in [0, 0.05) is 16.0 Å². The molecule has 2 unspecified atom stereocenters. The summed E-state index contributed by atoms with van der Waals surface area (Å²) in [6.07, 6.45) is 1.00. The lowest BCUT2D eigenvalue weighted by molar-refractivity contribution is 0.243. The third-order valence-corrected chi connectivity index (χ3v) is 4.68. The molecule has 1 saturated carbocycles. The van der Waals surface area contributed by atoms with Gasteiger partial charge in [0.2, 0.25) is 0 Å². The van der Waals surface area contributed by atoms with Crippen LogP contribution in [0, 0.1) is 19.8 Å².